The van der Waals surface area contributed by atoms with E-state index in [9.17, 15) is 4.79 Å². The predicted octanol–water partition coefficient (Wildman–Crippen LogP) is -0.807. The first-order valence-corrected chi connectivity index (χ1v) is 5.63. The van der Waals surface area contributed by atoms with Crippen LogP contribution in [0.3, 0.4) is 0 Å². The normalized spacial score (nSPS) is 18.2. The van der Waals surface area contributed by atoms with Gasteiger partial charge in [-0.2, -0.15) is 5.10 Å². The highest BCUT2D eigenvalue weighted by atomic mass is 16.2. The van der Waals surface area contributed by atoms with Crippen molar-refractivity contribution in [3.63, 3.8) is 0 Å². The van der Waals surface area contributed by atoms with E-state index in [1.54, 1.807) is 6.92 Å². The van der Waals surface area contributed by atoms with Crippen LogP contribution in [0.15, 0.2) is 0 Å². The molecule has 2 rings (SSSR count). The Bertz CT molecular complexity index is 387. The minimum atomic E-state index is -0.196. The third kappa shape index (κ3) is 2.56. The number of piperazine rings is 1. The number of rotatable bonds is 2. The van der Waals surface area contributed by atoms with Gasteiger partial charge >= 0.3 is 0 Å². The van der Waals surface area contributed by atoms with Gasteiger partial charge in [-0.3, -0.25) is 15.3 Å². The van der Waals surface area contributed by atoms with Gasteiger partial charge in [0.1, 0.15) is 5.56 Å². The number of H-pyrrole nitrogens is 1. The monoisotopic (exact) mass is 238 g/mol. The first-order valence-electron chi connectivity index (χ1n) is 5.63. The first-order chi connectivity index (χ1) is 8.08. The zero-order valence-electron chi connectivity index (χ0n) is 10.2. The van der Waals surface area contributed by atoms with Crippen molar-refractivity contribution in [3.05, 3.63) is 11.3 Å². The molecule has 1 aliphatic rings. The molecule has 0 bridgehead atoms. The molecule has 0 radical (unpaired) electrons. The third-order valence-corrected chi connectivity index (χ3v) is 2.97. The molecule has 1 amide bonds. The number of hydrazine groups is 1. The summed E-state index contributed by atoms with van der Waals surface area (Å²) in [5, 5.41) is 8.42. The molecule has 2 heterocycles. The van der Waals surface area contributed by atoms with E-state index in [1.165, 1.54) is 0 Å². The number of aromatic amines is 1. The fourth-order valence-electron chi connectivity index (χ4n) is 1.85. The number of hydrogen-bond donors (Lipinski definition) is 3. The molecule has 0 unspecified atom stereocenters. The van der Waals surface area contributed by atoms with E-state index in [1.807, 2.05) is 5.01 Å². The molecule has 1 saturated heterocycles. The summed E-state index contributed by atoms with van der Waals surface area (Å²) < 4.78 is 0. The van der Waals surface area contributed by atoms with Crippen LogP contribution in [0.4, 0.5) is 5.82 Å². The molecule has 94 valence electrons. The quantitative estimate of drug-likeness (QED) is 0.627. The topological polar surface area (TPSA) is 90.3 Å². The molecule has 1 aromatic rings. The summed E-state index contributed by atoms with van der Waals surface area (Å²) in [6.07, 6.45) is 0. The Kier molecular flexibility index (Phi) is 3.30. The number of nitrogens with zero attached hydrogens (tertiary/aromatic N) is 3. The summed E-state index contributed by atoms with van der Waals surface area (Å²) in [5.41, 5.74) is 9.61. The lowest BCUT2D eigenvalue weighted by Gasteiger charge is -2.32. The van der Waals surface area contributed by atoms with E-state index in [-0.39, 0.29) is 11.7 Å². The maximum Gasteiger partial charge on any atom is 0.271 e. The number of nitrogens with two attached hydrogens (primary N) is 1. The highest BCUT2D eigenvalue weighted by Crippen LogP contribution is 2.12. The van der Waals surface area contributed by atoms with Gasteiger partial charge in [0, 0.05) is 31.9 Å². The minimum absolute atomic E-state index is 0.196. The number of aromatic nitrogens is 2. The number of likely N-dealkylation sites (N-methyl/N-ethyl adjacent to an activating group) is 1. The summed E-state index contributed by atoms with van der Waals surface area (Å²) in [6.45, 7) is 5.31. The molecule has 4 N–H and O–H groups in total. The van der Waals surface area contributed by atoms with Crippen molar-refractivity contribution < 1.29 is 4.79 Å². The molecular weight excluding hydrogens is 220 g/mol. The Labute approximate surface area is 99.9 Å². The zero-order chi connectivity index (χ0) is 12.4. The molecule has 0 saturated carbocycles. The lowest BCUT2D eigenvalue weighted by molar-refractivity contribution is 0.0663. The van der Waals surface area contributed by atoms with E-state index in [4.69, 9.17) is 5.73 Å². The zero-order valence-corrected chi connectivity index (χ0v) is 10.2. The van der Waals surface area contributed by atoms with Crippen molar-refractivity contribution in [1.29, 1.82) is 0 Å². The third-order valence-electron chi connectivity index (χ3n) is 2.97. The van der Waals surface area contributed by atoms with Gasteiger partial charge < -0.3 is 10.6 Å². The molecule has 0 atom stereocenters. The van der Waals surface area contributed by atoms with E-state index >= 15 is 0 Å². The van der Waals surface area contributed by atoms with Crippen LogP contribution in [-0.4, -0.2) is 59.2 Å². The maximum absolute atomic E-state index is 12.0. The van der Waals surface area contributed by atoms with Crippen molar-refractivity contribution in [3.8, 4) is 0 Å². The van der Waals surface area contributed by atoms with Crippen molar-refractivity contribution in [2.24, 2.45) is 0 Å². The van der Waals surface area contributed by atoms with Crippen LogP contribution in [-0.2, 0) is 0 Å². The smallest absolute Gasteiger partial charge is 0.271 e. The van der Waals surface area contributed by atoms with Gasteiger partial charge in [0.25, 0.3) is 5.91 Å². The maximum atomic E-state index is 12.0. The Hall–Kier alpha value is -1.60. The van der Waals surface area contributed by atoms with Crippen LogP contribution in [0, 0.1) is 6.92 Å². The van der Waals surface area contributed by atoms with Crippen LogP contribution < -0.4 is 11.2 Å². The van der Waals surface area contributed by atoms with E-state index in [0.29, 0.717) is 11.3 Å². The number of carbonyl (C=O) groups is 1. The second kappa shape index (κ2) is 4.72. The molecule has 7 nitrogen and oxygen atoms in total. The summed E-state index contributed by atoms with van der Waals surface area (Å²) in [5.74, 6) is 0.0485. The van der Waals surface area contributed by atoms with Crippen molar-refractivity contribution in [2.75, 3.05) is 39.0 Å². The fourth-order valence-corrected chi connectivity index (χ4v) is 1.85. The molecule has 17 heavy (non-hydrogen) atoms. The molecule has 0 aliphatic carbocycles. The molecule has 1 aliphatic heterocycles. The highest BCUT2D eigenvalue weighted by molar-refractivity contribution is 5.99. The van der Waals surface area contributed by atoms with Gasteiger partial charge in [-0.15, -0.1) is 0 Å². The lowest BCUT2D eigenvalue weighted by atomic mass is 10.2. The number of hydrogen-bond acceptors (Lipinski definition) is 5. The van der Waals surface area contributed by atoms with Crippen LogP contribution in [0.25, 0.3) is 0 Å². The molecule has 0 aromatic carbocycles. The standard InChI is InChI=1S/C10H18N6O/c1-7-8(9(11)13-12-7)10(17)14-16-5-3-15(2)4-6-16/h3-6H2,1-2H3,(H,14,17)(H3,11,12,13). The van der Waals surface area contributed by atoms with Crippen molar-refractivity contribution >= 4 is 11.7 Å². The second-order valence-electron chi connectivity index (χ2n) is 4.34. The highest BCUT2D eigenvalue weighted by Gasteiger charge is 2.20. The van der Waals surface area contributed by atoms with Gasteiger partial charge in [-0.1, -0.05) is 0 Å². The summed E-state index contributed by atoms with van der Waals surface area (Å²) in [6, 6.07) is 0. The Balaban J connectivity index is 1.98. The minimum Gasteiger partial charge on any atom is -0.382 e. The Morgan fingerprint density at radius 1 is 1.41 bits per heavy atom. The van der Waals surface area contributed by atoms with Crippen LogP contribution in [0.5, 0.6) is 0 Å². The second-order valence-corrected chi connectivity index (χ2v) is 4.34. The number of nitrogens with one attached hydrogen (secondary N) is 2. The summed E-state index contributed by atoms with van der Waals surface area (Å²) in [4.78, 5) is 14.2. The van der Waals surface area contributed by atoms with Gasteiger partial charge in [0.2, 0.25) is 0 Å². The van der Waals surface area contributed by atoms with Crippen LogP contribution in [0.2, 0.25) is 0 Å². The van der Waals surface area contributed by atoms with Crippen molar-refractivity contribution in [1.82, 2.24) is 25.5 Å². The molecule has 7 heteroatoms. The molecule has 1 fully saturated rings. The Morgan fingerprint density at radius 2 is 2.06 bits per heavy atom. The van der Waals surface area contributed by atoms with Gasteiger partial charge in [-0.05, 0) is 14.0 Å². The first kappa shape index (κ1) is 11.9. The summed E-state index contributed by atoms with van der Waals surface area (Å²) in [7, 11) is 2.07. The van der Waals surface area contributed by atoms with Gasteiger partial charge in [0.05, 0.1) is 0 Å². The number of carbonyl (C=O) groups excluding carboxylic acids is 1. The van der Waals surface area contributed by atoms with Crippen LogP contribution >= 0.6 is 0 Å². The number of aryl methyl sites for hydroxylation is 1. The van der Waals surface area contributed by atoms with E-state index in [0.717, 1.165) is 26.2 Å². The largest absolute Gasteiger partial charge is 0.382 e. The van der Waals surface area contributed by atoms with E-state index in [2.05, 4.69) is 27.6 Å². The molecule has 0 spiro atoms. The van der Waals surface area contributed by atoms with E-state index < -0.39 is 0 Å². The predicted molar refractivity (Wildman–Crippen MR) is 64.3 cm³/mol. The molecular formula is C10H18N6O. The SMILES string of the molecule is Cc1[nH]nc(N)c1C(=O)NN1CCN(C)CC1. The molecule has 1 aromatic heterocycles. The average Bonchev–Trinajstić information content (AvgIpc) is 2.62. The summed E-state index contributed by atoms with van der Waals surface area (Å²) >= 11 is 0. The average molecular weight is 238 g/mol. The van der Waals surface area contributed by atoms with Gasteiger partial charge in [0.15, 0.2) is 5.82 Å². The number of amides is 1. The Morgan fingerprint density at radius 3 is 2.59 bits per heavy atom. The van der Waals surface area contributed by atoms with Gasteiger partial charge in [-0.25, -0.2) is 5.01 Å². The number of anilines is 1. The lowest BCUT2D eigenvalue weighted by Crippen LogP contribution is -2.52. The van der Waals surface area contributed by atoms with Crippen LogP contribution in [0.1, 0.15) is 16.1 Å². The fraction of sp³-hybridized carbons (Fsp3) is 0.600. The van der Waals surface area contributed by atoms with Crippen molar-refractivity contribution in [2.45, 2.75) is 6.92 Å². The number of nitrogen functional groups attached to an aromatic ring is 1.